The third-order valence-electron chi connectivity index (χ3n) is 4.13. The molecule has 1 aromatic rings. The van der Waals surface area contributed by atoms with Gasteiger partial charge in [-0.15, -0.1) is 0 Å². The van der Waals surface area contributed by atoms with E-state index in [2.05, 4.69) is 10.6 Å². The Balaban J connectivity index is 1.81. The first-order chi connectivity index (χ1) is 10.1. The SMILES string of the molecule is O=C1CCN(c2ccc(C3CCNCC3)cc2Cl)C(=O)N1. The van der Waals surface area contributed by atoms with Crippen molar-refractivity contribution < 1.29 is 9.59 Å². The zero-order valence-corrected chi connectivity index (χ0v) is 12.4. The molecule has 0 aliphatic carbocycles. The van der Waals surface area contributed by atoms with Gasteiger partial charge in [0.15, 0.2) is 0 Å². The monoisotopic (exact) mass is 307 g/mol. The number of anilines is 1. The van der Waals surface area contributed by atoms with Gasteiger partial charge in [-0.2, -0.15) is 0 Å². The molecule has 6 heteroatoms. The number of hydrogen-bond donors (Lipinski definition) is 2. The molecule has 0 unspecified atom stereocenters. The predicted molar refractivity (Wildman–Crippen MR) is 81.8 cm³/mol. The molecule has 2 aliphatic rings. The van der Waals surface area contributed by atoms with E-state index in [4.69, 9.17) is 11.6 Å². The summed E-state index contributed by atoms with van der Waals surface area (Å²) in [7, 11) is 0. The summed E-state index contributed by atoms with van der Waals surface area (Å²) in [5.41, 5.74) is 1.89. The number of urea groups is 1. The molecule has 0 atom stereocenters. The minimum atomic E-state index is -0.400. The molecule has 5 nitrogen and oxygen atoms in total. The number of carbonyl (C=O) groups is 2. The normalized spacial score (nSPS) is 20.5. The van der Waals surface area contributed by atoms with E-state index in [1.807, 2.05) is 18.2 Å². The van der Waals surface area contributed by atoms with E-state index in [1.165, 1.54) is 10.5 Å². The molecule has 2 saturated heterocycles. The maximum Gasteiger partial charge on any atom is 0.328 e. The van der Waals surface area contributed by atoms with Gasteiger partial charge < -0.3 is 5.32 Å². The first-order valence-electron chi connectivity index (χ1n) is 7.26. The van der Waals surface area contributed by atoms with E-state index in [0.29, 0.717) is 29.6 Å². The van der Waals surface area contributed by atoms with Crippen LogP contribution in [0.4, 0.5) is 10.5 Å². The van der Waals surface area contributed by atoms with E-state index < -0.39 is 6.03 Å². The number of halogens is 1. The molecule has 2 N–H and O–H groups in total. The zero-order valence-electron chi connectivity index (χ0n) is 11.7. The Morgan fingerprint density at radius 2 is 1.95 bits per heavy atom. The Labute approximate surface area is 128 Å². The maximum atomic E-state index is 11.9. The van der Waals surface area contributed by atoms with Gasteiger partial charge in [0, 0.05) is 13.0 Å². The van der Waals surface area contributed by atoms with Crippen molar-refractivity contribution in [3.63, 3.8) is 0 Å². The number of hydrogen-bond acceptors (Lipinski definition) is 3. The highest BCUT2D eigenvalue weighted by molar-refractivity contribution is 6.34. The molecule has 0 aromatic heterocycles. The Hall–Kier alpha value is -1.59. The third-order valence-corrected chi connectivity index (χ3v) is 4.43. The summed E-state index contributed by atoms with van der Waals surface area (Å²) < 4.78 is 0. The summed E-state index contributed by atoms with van der Waals surface area (Å²) in [5.74, 6) is 0.285. The highest BCUT2D eigenvalue weighted by Crippen LogP contribution is 2.33. The Morgan fingerprint density at radius 3 is 2.62 bits per heavy atom. The number of imide groups is 1. The lowest BCUT2D eigenvalue weighted by Crippen LogP contribution is -2.49. The second-order valence-corrected chi connectivity index (χ2v) is 5.90. The third kappa shape index (κ3) is 3.04. The van der Waals surface area contributed by atoms with E-state index in [-0.39, 0.29) is 5.91 Å². The predicted octanol–water partition coefficient (Wildman–Crippen LogP) is 2.25. The molecule has 21 heavy (non-hydrogen) atoms. The van der Waals surface area contributed by atoms with Crippen LogP contribution < -0.4 is 15.5 Å². The summed E-state index contributed by atoms with van der Waals surface area (Å²) >= 11 is 6.36. The summed E-state index contributed by atoms with van der Waals surface area (Å²) in [6, 6.07) is 5.48. The van der Waals surface area contributed by atoms with Crippen molar-refractivity contribution in [2.45, 2.75) is 25.2 Å². The van der Waals surface area contributed by atoms with Crippen LogP contribution in [-0.2, 0) is 4.79 Å². The van der Waals surface area contributed by atoms with Crippen molar-refractivity contribution in [2.75, 3.05) is 24.5 Å². The summed E-state index contributed by atoms with van der Waals surface area (Å²) in [6.45, 7) is 2.43. The minimum absolute atomic E-state index is 0.237. The molecule has 3 rings (SSSR count). The second kappa shape index (κ2) is 6.03. The molecule has 1 aromatic carbocycles. The lowest BCUT2D eigenvalue weighted by atomic mass is 9.90. The van der Waals surface area contributed by atoms with Crippen LogP contribution in [0.2, 0.25) is 5.02 Å². The number of carbonyl (C=O) groups excluding carboxylic acids is 2. The van der Waals surface area contributed by atoms with E-state index in [0.717, 1.165) is 25.9 Å². The number of rotatable bonds is 2. The number of nitrogens with one attached hydrogen (secondary N) is 2. The van der Waals surface area contributed by atoms with Crippen molar-refractivity contribution in [2.24, 2.45) is 0 Å². The van der Waals surface area contributed by atoms with Crippen LogP contribution in [0.1, 0.15) is 30.7 Å². The molecule has 2 aliphatic heterocycles. The van der Waals surface area contributed by atoms with Gasteiger partial charge in [0.25, 0.3) is 0 Å². The van der Waals surface area contributed by atoms with Gasteiger partial charge in [-0.1, -0.05) is 17.7 Å². The second-order valence-electron chi connectivity index (χ2n) is 5.49. The van der Waals surface area contributed by atoms with Crippen LogP contribution in [0.25, 0.3) is 0 Å². The number of nitrogens with zero attached hydrogens (tertiary/aromatic N) is 1. The molecular formula is C15H18ClN3O2. The fourth-order valence-electron chi connectivity index (χ4n) is 2.95. The number of benzene rings is 1. The van der Waals surface area contributed by atoms with Crippen molar-refractivity contribution in [3.05, 3.63) is 28.8 Å². The number of piperidine rings is 1. The molecule has 112 valence electrons. The van der Waals surface area contributed by atoms with Gasteiger partial charge in [-0.05, 0) is 49.5 Å². The molecule has 0 bridgehead atoms. The van der Waals surface area contributed by atoms with E-state index >= 15 is 0 Å². The fraction of sp³-hybridized carbons (Fsp3) is 0.467. The maximum absolute atomic E-state index is 11.9. The van der Waals surface area contributed by atoms with Gasteiger partial charge >= 0.3 is 6.03 Å². The standard InChI is InChI=1S/C15H18ClN3O2/c16-12-9-11(10-3-6-17-7-4-10)1-2-13(12)19-8-5-14(20)18-15(19)21/h1-2,9-10,17H,3-8H2,(H,18,20,21). The topological polar surface area (TPSA) is 61.4 Å². The van der Waals surface area contributed by atoms with Crippen molar-refractivity contribution >= 4 is 29.2 Å². The molecule has 0 saturated carbocycles. The summed E-state index contributed by atoms with van der Waals surface area (Å²) in [5, 5.41) is 6.23. The van der Waals surface area contributed by atoms with Crippen molar-refractivity contribution in [1.82, 2.24) is 10.6 Å². The molecule has 3 amide bonds. The van der Waals surface area contributed by atoms with Crippen molar-refractivity contribution in [1.29, 1.82) is 0 Å². The smallest absolute Gasteiger partial charge is 0.317 e. The van der Waals surface area contributed by atoms with Gasteiger partial charge in [-0.25, -0.2) is 4.79 Å². The first kappa shape index (κ1) is 14.4. The average molecular weight is 308 g/mol. The highest BCUT2D eigenvalue weighted by Gasteiger charge is 2.26. The zero-order chi connectivity index (χ0) is 14.8. The molecular weight excluding hydrogens is 290 g/mol. The van der Waals surface area contributed by atoms with Crippen LogP contribution in [0.3, 0.4) is 0 Å². The Morgan fingerprint density at radius 1 is 1.19 bits per heavy atom. The van der Waals surface area contributed by atoms with Gasteiger partial charge in [0.2, 0.25) is 5.91 Å². The van der Waals surface area contributed by atoms with Crippen molar-refractivity contribution in [3.8, 4) is 0 Å². The van der Waals surface area contributed by atoms with E-state index in [9.17, 15) is 9.59 Å². The molecule has 2 heterocycles. The van der Waals surface area contributed by atoms with Gasteiger partial charge in [0.1, 0.15) is 0 Å². The Bertz CT molecular complexity index is 570. The lowest BCUT2D eigenvalue weighted by Gasteiger charge is -2.28. The van der Waals surface area contributed by atoms with Crippen LogP contribution in [0.15, 0.2) is 18.2 Å². The largest absolute Gasteiger partial charge is 0.328 e. The minimum Gasteiger partial charge on any atom is -0.317 e. The van der Waals surface area contributed by atoms with Gasteiger partial charge in [-0.3, -0.25) is 15.0 Å². The average Bonchev–Trinajstić information content (AvgIpc) is 2.49. The summed E-state index contributed by atoms with van der Waals surface area (Å²) in [6.07, 6.45) is 2.51. The first-order valence-corrected chi connectivity index (χ1v) is 7.64. The summed E-state index contributed by atoms with van der Waals surface area (Å²) in [4.78, 5) is 24.6. The molecule has 0 spiro atoms. The Kier molecular flexibility index (Phi) is 4.12. The highest BCUT2D eigenvalue weighted by atomic mass is 35.5. The van der Waals surface area contributed by atoms with Gasteiger partial charge in [0.05, 0.1) is 10.7 Å². The van der Waals surface area contributed by atoms with Crippen LogP contribution in [0.5, 0.6) is 0 Å². The molecule has 0 radical (unpaired) electrons. The van der Waals surface area contributed by atoms with Crippen LogP contribution in [-0.4, -0.2) is 31.6 Å². The lowest BCUT2D eigenvalue weighted by molar-refractivity contribution is -0.120. The fourth-order valence-corrected chi connectivity index (χ4v) is 3.24. The molecule has 2 fully saturated rings. The number of amides is 3. The van der Waals surface area contributed by atoms with Crippen LogP contribution in [0, 0.1) is 0 Å². The van der Waals surface area contributed by atoms with Crippen LogP contribution >= 0.6 is 11.6 Å². The van der Waals surface area contributed by atoms with E-state index in [1.54, 1.807) is 0 Å². The quantitative estimate of drug-likeness (QED) is 0.881.